The third kappa shape index (κ3) is 2.08. The van der Waals surface area contributed by atoms with Gasteiger partial charge in [0.05, 0.1) is 11.7 Å². The van der Waals surface area contributed by atoms with Crippen LogP contribution in [0, 0.1) is 6.92 Å². The average molecular weight is 294 g/mol. The molecule has 2 aliphatic heterocycles. The highest BCUT2D eigenvalue weighted by Crippen LogP contribution is 2.48. The Morgan fingerprint density at radius 3 is 2.73 bits per heavy atom. The molecule has 3 nitrogen and oxygen atoms in total. The minimum Gasteiger partial charge on any atom is -0.455 e. The van der Waals surface area contributed by atoms with E-state index in [1.54, 1.807) is 0 Å². The number of likely N-dealkylation sites (N-methyl/N-ethyl adjacent to an activating group) is 1. The molecule has 0 aromatic heterocycles. The Kier molecular flexibility index (Phi) is 3.12. The van der Waals surface area contributed by atoms with Crippen molar-refractivity contribution in [2.45, 2.75) is 25.4 Å². The van der Waals surface area contributed by atoms with E-state index < -0.39 is 0 Å². The normalized spacial score (nSPS) is 22.6. The molecule has 2 atom stereocenters. The van der Waals surface area contributed by atoms with Crippen molar-refractivity contribution >= 4 is 5.69 Å². The summed E-state index contributed by atoms with van der Waals surface area (Å²) in [4.78, 5) is 4.86. The highest BCUT2D eigenvalue weighted by Gasteiger charge is 2.38. The first kappa shape index (κ1) is 13.6. The van der Waals surface area contributed by atoms with Gasteiger partial charge in [-0.2, -0.15) is 0 Å². The molecule has 114 valence electrons. The van der Waals surface area contributed by atoms with Crippen molar-refractivity contribution in [1.82, 2.24) is 4.90 Å². The molecule has 22 heavy (non-hydrogen) atoms. The Hall–Kier alpha value is -2.00. The summed E-state index contributed by atoms with van der Waals surface area (Å²) in [6, 6.07) is 15.9. The largest absolute Gasteiger partial charge is 0.455 e. The summed E-state index contributed by atoms with van der Waals surface area (Å²) < 4.78 is 6.23. The molecule has 0 bridgehead atoms. The van der Waals surface area contributed by atoms with E-state index in [2.05, 4.69) is 67.2 Å². The smallest absolute Gasteiger partial charge is 0.150 e. The molecule has 0 radical (unpaired) electrons. The molecule has 0 aliphatic carbocycles. The van der Waals surface area contributed by atoms with Crippen LogP contribution in [-0.4, -0.2) is 31.6 Å². The van der Waals surface area contributed by atoms with Gasteiger partial charge in [0.25, 0.3) is 0 Å². The van der Waals surface area contributed by atoms with E-state index in [9.17, 15) is 0 Å². The number of para-hydroxylation sites is 2. The number of rotatable bonds is 1. The van der Waals surface area contributed by atoms with Crippen molar-refractivity contribution in [3.63, 3.8) is 0 Å². The van der Waals surface area contributed by atoms with Crippen LogP contribution >= 0.6 is 0 Å². The standard InChI is InChI=1S/C19H22N2O/c1-13-8-9-18-15(10-13)17-11-14(20(2)3)12-21(17)16-6-4-5-7-19(16)22-18/h4-10,14,17H,11-12H2,1-3H3. The van der Waals surface area contributed by atoms with Crippen LogP contribution < -0.4 is 9.64 Å². The van der Waals surface area contributed by atoms with Crippen LogP contribution in [0.25, 0.3) is 0 Å². The Labute approximate surface area is 132 Å². The van der Waals surface area contributed by atoms with Crippen LogP contribution in [-0.2, 0) is 0 Å². The second kappa shape index (κ2) is 5.03. The van der Waals surface area contributed by atoms with Gasteiger partial charge in [0.2, 0.25) is 0 Å². The summed E-state index contributed by atoms with van der Waals surface area (Å²) >= 11 is 0. The van der Waals surface area contributed by atoms with E-state index in [4.69, 9.17) is 4.74 Å². The lowest BCUT2D eigenvalue weighted by Crippen LogP contribution is -2.31. The third-order valence-corrected chi connectivity index (χ3v) is 4.93. The minimum absolute atomic E-state index is 0.394. The number of nitrogens with zero attached hydrogens (tertiary/aromatic N) is 2. The van der Waals surface area contributed by atoms with Gasteiger partial charge in [0.1, 0.15) is 5.75 Å². The van der Waals surface area contributed by atoms with Crippen LogP contribution in [0.5, 0.6) is 11.5 Å². The zero-order valence-corrected chi connectivity index (χ0v) is 13.4. The molecule has 0 spiro atoms. The maximum atomic E-state index is 6.23. The van der Waals surface area contributed by atoms with E-state index >= 15 is 0 Å². The third-order valence-electron chi connectivity index (χ3n) is 4.93. The number of ether oxygens (including phenoxy) is 1. The Morgan fingerprint density at radius 2 is 1.91 bits per heavy atom. The zero-order valence-electron chi connectivity index (χ0n) is 13.4. The summed E-state index contributed by atoms with van der Waals surface area (Å²) in [6.07, 6.45) is 1.14. The molecule has 2 unspecified atom stereocenters. The predicted molar refractivity (Wildman–Crippen MR) is 89.9 cm³/mol. The van der Waals surface area contributed by atoms with Crippen molar-refractivity contribution in [3.05, 3.63) is 53.6 Å². The van der Waals surface area contributed by atoms with Gasteiger partial charge >= 0.3 is 0 Å². The van der Waals surface area contributed by atoms with Crippen LogP contribution in [0.1, 0.15) is 23.6 Å². The Morgan fingerprint density at radius 1 is 1.09 bits per heavy atom. The fourth-order valence-electron chi connectivity index (χ4n) is 3.67. The highest BCUT2D eigenvalue weighted by molar-refractivity contribution is 5.65. The fourth-order valence-corrected chi connectivity index (χ4v) is 3.67. The van der Waals surface area contributed by atoms with Gasteiger partial charge in [0, 0.05) is 18.2 Å². The van der Waals surface area contributed by atoms with Crippen molar-refractivity contribution < 1.29 is 4.74 Å². The zero-order chi connectivity index (χ0) is 15.3. The predicted octanol–water partition coefficient (Wildman–Crippen LogP) is 3.98. The van der Waals surface area contributed by atoms with Gasteiger partial charge in [-0.25, -0.2) is 0 Å². The molecule has 2 aromatic rings. The summed E-state index contributed by atoms with van der Waals surface area (Å²) in [5, 5.41) is 0. The van der Waals surface area contributed by atoms with E-state index in [-0.39, 0.29) is 0 Å². The van der Waals surface area contributed by atoms with E-state index in [0.29, 0.717) is 12.1 Å². The minimum atomic E-state index is 0.394. The van der Waals surface area contributed by atoms with E-state index in [0.717, 1.165) is 24.5 Å². The first-order chi connectivity index (χ1) is 10.6. The molecule has 2 aliphatic rings. The van der Waals surface area contributed by atoms with Crippen LogP contribution in [0.4, 0.5) is 5.69 Å². The first-order valence-corrected chi connectivity index (χ1v) is 7.94. The topological polar surface area (TPSA) is 15.7 Å². The summed E-state index contributed by atoms with van der Waals surface area (Å²) in [5.74, 6) is 1.97. The van der Waals surface area contributed by atoms with E-state index in [1.807, 2.05) is 6.07 Å². The van der Waals surface area contributed by atoms with Gasteiger partial charge in [0.15, 0.2) is 5.75 Å². The molecular weight excluding hydrogens is 272 g/mol. The molecule has 1 saturated heterocycles. The van der Waals surface area contributed by atoms with Gasteiger partial charge in [-0.05, 0) is 45.6 Å². The quantitative estimate of drug-likeness (QED) is 0.791. The summed E-state index contributed by atoms with van der Waals surface area (Å²) in [7, 11) is 4.35. The summed E-state index contributed by atoms with van der Waals surface area (Å²) in [5.41, 5.74) is 3.83. The second-order valence-corrected chi connectivity index (χ2v) is 6.63. The lowest BCUT2D eigenvalue weighted by atomic mass is 10.00. The molecule has 2 aromatic carbocycles. The van der Waals surface area contributed by atoms with Gasteiger partial charge in [-0.15, -0.1) is 0 Å². The number of aryl methyl sites for hydroxylation is 1. The molecule has 4 rings (SSSR count). The second-order valence-electron chi connectivity index (χ2n) is 6.63. The van der Waals surface area contributed by atoms with Crippen LogP contribution in [0.2, 0.25) is 0 Å². The Bertz CT molecular complexity index is 710. The van der Waals surface area contributed by atoms with Gasteiger partial charge < -0.3 is 14.5 Å². The number of benzene rings is 2. The number of hydrogen-bond acceptors (Lipinski definition) is 3. The lowest BCUT2D eigenvalue weighted by molar-refractivity contribution is 0.309. The lowest BCUT2D eigenvalue weighted by Gasteiger charge is -2.25. The molecule has 3 heteroatoms. The number of fused-ring (bicyclic) bond motifs is 5. The van der Waals surface area contributed by atoms with Crippen molar-refractivity contribution in [2.24, 2.45) is 0 Å². The molecular formula is C19H22N2O. The number of hydrogen-bond donors (Lipinski definition) is 0. The monoisotopic (exact) mass is 294 g/mol. The van der Waals surface area contributed by atoms with Gasteiger partial charge in [-0.3, -0.25) is 0 Å². The molecule has 2 heterocycles. The summed E-state index contributed by atoms with van der Waals surface area (Å²) in [6.45, 7) is 3.20. The maximum absolute atomic E-state index is 6.23. The van der Waals surface area contributed by atoms with Crippen LogP contribution in [0.3, 0.4) is 0 Å². The van der Waals surface area contributed by atoms with Crippen molar-refractivity contribution in [3.8, 4) is 11.5 Å². The molecule has 1 fully saturated rings. The van der Waals surface area contributed by atoms with Crippen molar-refractivity contribution in [2.75, 3.05) is 25.5 Å². The first-order valence-electron chi connectivity index (χ1n) is 7.94. The molecule has 0 N–H and O–H groups in total. The van der Waals surface area contributed by atoms with Crippen LogP contribution in [0.15, 0.2) is 42.5 Å². The highest BCUT2D eigenvalue weighted by atomic mass is 16.5. The molecule has 0 amide bonds. The fraction of sp³-hybridized carbons (Fsp3) is 0.368. The SMILES string of the molecule is Cc1ccc2c(c1)C1CC(N(C)C)CN1c1ccccc1O2. The average Bonchev–Trinajstić information content (AvgIpc) is 2.90. The van der Waals surface area contributed by atoms with Crippen molar-refractivity contribution in [1.29, 1.82) is 0 Å². The Balaban J connectivity index is 1.88. The molecule has 0 saturated carbocycles. The maximum Gasteiger partial charge on any atom is 0.150 e. The number of anilines is 1. The van der Waals surface area contributed by atoms with Gasteiger partial charge in [-0.1, -0.05) is 29.8 Å². The van der Waals surface area contributed by atoms with E-state index in [1.165, 1.54) is 16.8 Å².